The smallest absolute Gasteiger partial charge is 0.159 e. The average Bonchev–Trinajstić information content (AvgIpc) is 2.37. The second-order valence-electron chi connectivity index (χ2n) is 3.72. The quantitative estimate of drug-likeness (QED) is 0.875. The fourth-order valence-electron chi connectivity index (χ4n) is 1.43. The van der Waals surface area contributed by atoms with Gasteiger partial charge in [0.05, 0.1) is 24.7 Å². The first-order valence-electron chi connectivity index (χ1n) is 5.60. The summed E-state index contributed by atoms with van der Waals surface area (Å²) < 4.78 is 5.56. The van der Waals surface area contributed by atoms with Crippen LogP contribution < -0.4 is 10.5 Å². The van der Waals surface area contributed by atoms with Gasteiger partial charge in [-0.3, -0.25) is 0 Å². The van der Waals surface area contributed by atoms with Crippen molar-refractivity contribution in [1.29, 1.82) is 0 Å². The van der Waals surface area contributed by atoms with Crippen molar-refractivity contribution in [2.75, 3.05) is 12.3 Å². The van der Waals surface area contributed by atoms with Crippen molar-refractivity contribution in [1.82, 2.24) is 9.97 Å². The number of nitrogen functional groups attached to an aromatic ring is 1. The van der Waals surface area contributed by atoms with Gasteiger partial charge in [-0.25, -0.2) is 9.97 Å². The fraction of sp³-hybridized carbons (Fsp3) is 0.231. The molecule has 0 saturated carbocycles. The zero-order chi connectivity index (χ0) is 12.1. The van der Waals surface area contributed by atoms with E-state index < -0.39 is 0 Å². The van der Waals surface area contributed by atoms with E-state index in [0.29, 0.717) is 18.1 Å². The molecule has 0 atom stereocenters. The van der Waals surface area contributed by atoms with Crippen LogP contribution in [0.15, 0.2) is 36.7 Å². The van der Waals surface area contributed by atoms with Crippen LogP contribution in [-0.2, 0) is 0 Å². The van der Waals surface area contributed by atoms with Gasteiger partial charge in [0, 0.05) is 5.56 Å². The molecule has 1 aromatic heterocycles. The summed E-state index contributed by atoms with van der Waals surface area (Å²) in [5, 5.41) is 0. The molecular formula is C13H15N3O. The zero-order valence-electron chi connectivity index (χ0n) is 9.76. The highest BCUT2D eigenvalue weighted by atomic mass is 16.5. The Morgan fingerprint density at radius 1 is 1.24 bits per heavy atom. The minimum Gasteiger partial charge on any atom is -0.494 e. The number of nitrogens with two attached hydrogens (primary N) is 1. The van der Waals surface area contributed by atoms with Crippen molar-refractivity contribution in [2.24, 2.45) is 0 Å². The van der Waals surface area contributed by atoms with Crippen LogP contribution >= 0.6 is 0 Å². The van der Waals surface area contributed by atoms with Gasteiger partial charge in [-0.2, -0.15) is 0 Å². The third-order valence-corrected chi connectivity index (χ3v) is 2.24. The number of aromatic nitrogens is 2. The molecule has 0 bridgehead atoms. The molecule has 1 heterocycles. The highest BCUT2D eigenvalue weighted by Crippen LogP contribution is 2.21. The molecule has 2 aromatic rings. The van der Waals surface area contributed by atoms with Crippen LogP contribution in [0.5, 0.6) is 5.75 Å². The Labute approximate surface area is 100 Å². The molecule has 0 fully saturated rings. The molecule has 4 heteroatoms. The molecular weight excluding hydrogens is 214 g/mol. The maximum absolute atomic E-state index is 5.56. The second kappa shape index (κ2) is 5.30. The van der Waals surface area contributed by atoms with E-state index in [0.717, 1.165) is 17.7 Å². The molecule has 0 aliphatic heterocycles. The summed E-state index contributed by atoms with van der Waals surface area (Å²) in [7, 11) is 0. The molecule has 0 radical (unpaired) electrons. The Morgan fingerprint density at radius 3 is 2.71 bits per heavy atom. The predicted molar refractivity (Wildman–Crippen MR) is 67.7 cm³/mol. The SMILES string of the molecule is CCCOc1cccc(-c2ncc(N)cn2)c1. The first kappa shape index (κ1) is 11.4. The Kier molecular flexibility index (Phi) is 3.55. The molecule has 88 valence electrons. The van der Waals surface area contributed by atoms with Crippen LogP contribution in [0.1, 0.15) is 13.3 Å². The zero-order valence-corrected chi connectivity index (χ0v) is 9.76. The Balaban J connectivity index is 2.23. The van der Waals surface area contributed by atoms with Crippen LogP contribution in [0.2, 0.25) is 0 Å². The third kappa shape index (κ3) is 2.93. The van der Waals surface area contributed by atoms with E-state index in [2.05, 4.69) is 16.9 Å². The number of hydrogen-bond acceptors (Lipinski definition) is 4. The summed E-state index contributed by atoms with van der Waals surface area (Å²) in [6, 6.07) is 7.74. The lowest BCUT2D eigenvalue weighted by Gasteiger charge is -2.06. The standard InChI is InChI=1S/C13H15N3O/c1-2-6-17-12-5-3-4-10(7-12)13-15-8-11(14)9-16-13/h3-5,7-9H,2,6,14H2,1H3. The van der Waals surface area contributed by atoms with Gasteiger partial charge in [0.2, 0.25) is 0 Å². The number of rotatable bonds is 4. The number of ether oxygens (including phenoxy) is 1. The molecule has 1 aromatic carbocycles. The number of hydrogen-bond donors (Lipinski definition) is 1. The molecule has 4 nitrogen and oxygen atoms in total. The summed E-state index contributed by atoms with van der Waals surface area (Å²) in [5.41, 5.74) is 7.04. The predicted octanol–water partition coefficient (Wildman–Crippen LogP) is 2.51. The van der Waals surface area contributed by atoms with E-state index >= 15 is 0 Å². The topological polar surface area (TPSA) is 61.0 Å². The van der Waals surface area contributed by atoms with E-state index in [1.807, 2.05) is 24.3 Å². The lowest BCUT2D eigenvalue weighted by atomic mass is 10.2. The molecule has 0 spiro atoms. The Bertz CT molecular complexity index is 482. The summed E-state index contributed by atoms with van der Waals surface area (Å²) in [6.07, 6.45) is 4.19. The Hall–Kier alpha value is -2.10. The number of nitrogens with zero attached hydrogens (tertiary/aromatic N) is 2. The third-order valence-electron chi connectivity index (χ3n) is 2.24. The van der Waals surface area contributed by atoms with Gasteiger partial charge in [-0.05, 0) is 18.6 Å². The molecule has 2 rings (SSSR count). The van der Waals surface area contributed by atoms with Crippen LogP contribution in [0, 0.1) is 0 Å². The van der Waals surface area contributed by atoms with E-state index in [4.69, 9.17) is 10.5 Å². The average molecular weight is 229 g/mol. The summed E-state index contributed by atoms with van der Waals surface area (Å²) in [5.74, 6) is 1.49. The number of benzene rings is 1. The van der Waals surface area contributed by atoms with Gasteiger partial charge < -0.3 is 10.5 Å². The Morgan fingerprint density at radius 2 is 2.00 bits per heavy atom. The van der Waals surface area contributed by atoms with Crippen LogP contribution in [0.4, 0.5) is 5.69 Å². The van der Waals surface area contributed by atoms with Crippen LogP contribution in [0.3, 0.4) is 0 Å². The molecule has 0 saturated heterocycles. The minimum atomic E-state index is 0.562. The van der Waals surface area contributed by atoms with Gasteiger partial charge in [0.1, 0.15) is 5.75 Å². The van der Waals surface area contributed by atoms with Crippen molar-refractivity contribution in [3.05, 3.63) is 36.7 Å². The molecule has 2 N–H and O–H groups in total. The normalized spacial score (nSPS) is 10.2. The maximum Gasteiger partial charge on any atom is 0.159 e. The van der Waals surface area contributed by atoms with E-state index in [1.54, 1.807) is 12.4 Å². The van der Waals surface area contributed by atoms with Crippen LogP contribution in [-0.4, -0.2) is 16.6 Å². The first-order chi connectivity index (χ1) is 8.29. The maximum atomic E-state index is 5.56. The van der Waals surface area contributed by atoms with Gasteiger partial charge in [-0.1, -0.05) is 19.1 Å². The van der Waals surface area contributed by atoms with Crippen molar-refractivity contribution in [2.45, 2.75) is 13.3 Å². The molecule has 17 heavy (non-hydrogen) atoms. The lowest BCUT2D eigenvalue weighted by molar-refractivity contribution is 0.317. The minimum absolute atomic E-state index is 0.562. The highest BCUT2D eigenvalue weighted by molar-refractivity contribution is 5.58. The molecule has 0 amide bonds. The monoisotopic (exact) mass is 229 g/mol. The van der Waals surface area contributed by atoms with Gasteiger partial charge in [-0.15, -0.1) is 0 Å². The number of anilines is 1. The van der Waals surface area contributed by atoms with Crippen molar-refractivity contribution < 1.29 is 4.74 Å². The van der Waals surface area contributed by atoms with Crippen molar-refractivity contribution >= 4 is 5.69 Å². The molecule has 0 aliphatic carbocycles. The van der Waals surface area contributed by atoms with Crippen molar-refractivity contribution in [3.63, 3.8) is 0 Å². The summed E-state index contributed by atoms with van der Waals surface area (Å²) in [4.78, 5) is 8.36. The van der Waals surface area contributed by atoms with Gasteiger partial charge in [0.15, 0.2) is 5.82 Å². The van der Waals surface area contributed by atoms with Gasteiger partial charge >= 0.3 is 0 Å². The van der Waals surface area contributed by atoms with Crippen molar-refractivity contribution in [3.8, 4) is 17.1 Å². The largest absolute Gasteiger partial charge is 0.494 e. The van der Waals surface area contributed by atoms with Crippen LogP contribution in [0.25, 0.3) is 11.4 Å². The lowest BCUT2D eigenvalue weighted by Crippen LogP contribution is -1.96. The fourth-order valence-corrected chi connectivity index (χ4v) is 1.43. The van der Waals surface area contributed by atoms with E-state index in [1.165, 1.54) is 0 Å². The highest BCUT2D eigenvalue weighted by Gasteiger charge is 2.02. The van der Waals surface area contributed by atoms with Gasteiger partial charge in [0.25, 0.3) is 0 Å². The summed E-state index contributed by atoms with van der Waals surface area (Å²) in [6.45, 7) is 2.79. The second-order valence-corrected chi connectivity index (χ2v) is 3.72. The van der Waals surface area contributed by atoms with E-state index in [-0.39, 0.29) is 0 Å². The molecule has 0 aliphatic rings. The molecule has 0 unspecified atom stereocenters. The summed E-state index contributed by atoms with van der Waals surface area (Å²) >= 11 is 0. The first-order valence-corrected chi connectivity index (χ1v) is 5.60. The van der Waals surface area contributed by atoms with E-state index in [9.17, 15) is 0 Å².